The third kappa shape index (κ3) is 8.63. The molecule has 3 N–H and O–H groups in total. The standard InChI is InChI=1S/C9H20N2O4S/c1-9(2,10)7-16(13,14)6-8(12)11-4-5-15-3/h4-7,10H2,1-3H3,(H,11,12). The zero-order valence-corrected chi connectivity index (χ0v) is 10.8. The van der Waals surface area contributed by atoms with Gasteiger partial charge in [0.2, 0.25) is 5.91 Å². The monoisotopic (exact) mass is 252 g/mol. The number of rotatable bonds is 7. The van der Waals surface area contributed by atoms with Gasteiger partial charge in [-0.2, -0.15) is 0 Å². The van der Waals surface area contributed by atoms with E-state index in [2.05, 4.69) is 5.32 Å². The lowest BCUT2D eigenvalue weighted by Crippen LogP contribution is -2.43. The summed E-state index contributed by atoms with van der Waals surface area (Å²) >= 11 is 0. The number of sulfone groups is 1. The lowest BCUT2D eigenvalue weighted by Gasteiger charge is -2.17. The van der Waals surface area contributed by atoms with Crippen molar-refractivity contribution in [1.82, 2.24) is 5.32 Å². The Bertz CT molecular complexity index is 319. The Balaban J connectivity index is 4.12. The van der Waals surface area contributed by atoms with Gasteiger partial charge in [0.25, 0.3) is 0 Å². The summed E-state index contributed by atoms with van der Waals surface area (Å²) in [5.74, 6) is -1.27. The first-order valence-corrected chi connectivity index (χ1v) is 6.73. The van der Waals surface area contributed by atoms with Crippen LogP contribution in [0.15, 0.2) is 0 Å². The van der Waals surface area contributed by atoms with E-state index >= 15 is 0 Å². The van der Waals surface area contributed by atoms with E-state index in [1.807, 2.05) is 0 Å². The number of amides is 1. The van der Waals surface area contributed by atoms with Crippen LogP contribution >= 0.6 is 0 Å². The number of ether oxygens (including phenoxy) is 1. The molecule has 0 aliphatic heterocycles. The summed E-state index contributed by atoms with van der Waals surface area (Å²) in [4.78, 5) is 11.2. The third-order valence-electron chi connectivity index (χ3n) is 1.57. The zero-order chi connectivity index (χ0) is 12.8. The molecule has 0 aliphatic carbocycles. The van der Waals surface area contributed by atoms with Gasteiger partial charge in [-0.15, -0.1) is 0 Å². The highest BCUT2D eigenvalue weighted by Crippen LogP contribution is 2.03. The third-order valence-corrected chi connectivity index (χ3v) is 3.46. The van der Waals surface area contributed by atoms with Crippen molar-refractivity contribution in [2.24, 2.45) is 5.73 Å². The second kappa shape index (κ2) is 6.17. The van der Waals surface area contributed by atoms with Crippen molar-refractivity contribution in [3.8, 4) is 0 Å². The molecular formula is C9H20N2O4S. The number of methoxy groups -OCH3 is 1. The van der Waals surface area contributed by atoms with Crippen LogP contribution < -0.4 is 11.1 Å². The van der Waals surface area contributed by atoms with Crippen molar-refractivity contribution in [1.29, 1.82) is 0 Å². The summed E-state index contributed by atoms with van der Waals surface area (Å²) in [6.07, 6.45) is 0. The molecule has 7 heteroatoms. The molecule has 16 heavy (non-hydrogen) atoms. The van der Waals surface area contributed by atoms with Gasteiger partial charge in [0.05, 0.1) is 12.4 Å². The molecule has 0 saturated heterocycles. The lowest BCUT2D eigenvalue weighted by molar-refractivity contribution is -0.118. The first-order valence-electron chi connectivity index (χ1n) is 4.91. The van der Waals surface area contributed by atoms with Crippen LogP contribution in [0.5, 0.6) is 0 Å². The molecule has 0 rings (SSSR count). The largest absolute Gasteiger partial charge is 0.383 e. The summed E-state index contributed by atoms with van der Waals surface area (Å²) in [5.41, 5.74) is 4.76. The molecule has 6 nitrogen and oxygen atoms in total. The predicted molar refractivity (Wildman–Crippen MR) is 61.8 cm³/mol. The van der Waals surface area contributed by atoms with Gasteiger partial charge in [-0.25, -0.2) is 8.42 Å². The lowest BCUT2D eigenvalue weighted by atomic mass is 10.1. The van der Waals surface area contributed by atoms with Crippen LogP contribution in [0.2, 0.25) is 0 Å². The minimum absolute atomic E-state index is 0.211. The Hall–Kier alpha value is -0.660. The summed E-state index contributed by atoms with van der Waals surface area (Å²) in [5, 5.41) is 2.44. The summed E-state index contributed by atoms with van der Waals surface area (Å²) in [7, 11) is -1.95. The average molecular weight is 252 g/mol. The molecule has 0 aromatic rings. The van der Waals surface area contributed by atoms with E-state index in [1.165, 1.54) is 7.11 Å². The average Bonchev–Trinajstić information content (AvgIpc) is 1.98. The van der Waals surface area contributed by atoms with E-state index in [0.717, 1.165) is 0 Å². The van der Waals surface area contributed by atoms with Crippen molar-refractivity contribution in [2.75, 3.05) is 31.8 Å². The number of nitrogens with one attached hydrogen (secondary N) is 1. The SMILES string of the molecule is COCCNC(=O)CS(=O)(=O)CC(C)(C)N. The maximum absolute atomic E-state index is 11.5. The summed E-state index contributed by atoms with van der Waals surface area (Å²) < 4.78 is 27.8. The van der Waals surface area contributed by atoms with E-state index in [-0.39, 0.29) is 5.75 Å². The number of carbonyl (C=O) groups excluding carboxylic acids is 1. The smallest absolute Gasteiger partial charge is 0.235 e. The molecular weight excluding hydrogens is 232 g/mol. The van der Waals surface area contributed by atoms with E-state index in [9.17, 15) is 13.2 Å². The van der Waals surface area contributed by atoms with Gasteiger partial charge in [-0.1, -0.05) is 0 Å². The Morgan fingerprint density at radius 3 is 2.44 bits per heavy atom. The maximum Gasteiger partial charge on any atom is 0.235 e. The van der Waals surface area contributed by atoms with Crippen molar-refractivity contribution >= 4 is 15.7 Å². The Kier molecular flexibility index (Phi) is 5.91. The molecule has 0 unspecified atom stereocenters. The molecule has 1 amide bonds. The first kappa shape index (κ1) is 15.3. The van der Waals surface area contributed by atoms with Gasteiger partial charge < -0.3 is 15.8 Å². The Morgan fingerprint density at radius 2 is 2.00 bits per heavy atom. The van der Waals surface area contributed by atoms with Gasteiger partial charge in [-0.05, 0) is 13.8 Å². The molecule has 0 spiro atoms. The molecule has 96 valence electrons. The maximum atomic E-state index is 11.5. The Labute approximate surface area is 96.4 Å². The number of hydrogen-bond acceptors (Lipinski definition) is 5. The first-order chi connectivity index (χ1) is 7.16. The van der Waals surface area contributed by atoms with E-state index in [4.69, 9.17) is 10.5 Å². The number of nitrogens with two attached hydrogens (primary N) is 1. The van der Waals surface area contributed by atoms with Crippen LogP contribution in [0.3, 0.4) is 0 Å². The van der Waals surface area contributed by atoms with Gasteiger partial charge in [0.1, 0.15) is 5.75 Å². The topological polar surface area (TPSA) is 98.5 Å². The molecule has 0 aromatic heterocycles. The Morgan fingerprint density at radius 1 is 1.44 bits per heavy atom. The predicted octanol–water partition coefficient (Wildman–Crippen LogP) is -1.10. The highest BCUT2D eigenvalue weighted by molar-refractivity contribution is 7.92. The fourth-order valence-electron chi connectivity index (χ4n) is 1.16. The second-order valence-electron chi connectivity index (χ2n) is 4.36. The van der Waals surface area contributed by atoms with Crippen LogP contribution in [0.4, 0.5) is 0 Å². The molecule has 0 radical (unpaired) electrons. The van der Waals surface area contributed by atoms with Crippen molar-refractivity contribution in [2.45, 2.75) is 19.4 Å². The van der Waals surface area contributed by atoms with Crippen LogP contribution in [0.25, 0.3) is 0 Å². The highest BCUT2D eigenvalue weighted by atomic mass is 32.2. The van der Waals surface area contributed by atoms with Crippen molar-refractivity contribution in [3.63, 3.8) is 0 Å². The molecule has 0 atom stereocenters. The fourth-order valence-corrected chi connectivity index (χ4v) is 2.90. The molecule has 0 bridgehead atoms. The van der Waals surface area contributed by atoms with Crippen molar-refractivity contribution < 1.29 is 17.9 Å². The van der Waals surface area contributed by atoms with Crippen LogP contribution in [0.1, 0.15) is 13.8 Å². The minimum atomic E-state index is -3.45. The van der Waals surface area contributed by atoms with Gasteiger partial charge >= 0.3 is 0 Å². The molecule has 0 aromatic carbocycles. The number of carbonyl (C=O) groups is 1. The molecule has 0 aliphatic rings. The van der Waals surface area contributed by atoms with Crippen LogP contribution in [-0.2, 0) is 19.4 Å². The molecule has 0 saturated carbocycles. The van der Waals surface area contributed by atoms with Gasteiger partial charge in [0.15, 0.2) is 9.84 Å². The van der Waals surface area contributed by atoms with Crippen LogP contribution in [0, 0.1) is 0 Å². The second-order valence-corrected chi connectivity index (χ2v) is 6.43. The molecule has 0 heterocycles. The fraction of sp³-hybridized carbons (Fsp3) is 0.889. The quantitative estimate of drug-likeness (QED) is 0.560. The van der Waals surface area contributed by atoms with E-state index in [0.29, 0.717) is 13.2 Å². The van der Waals surface area contributed by atoms with Gasteiger partial charge in [-0.3, -0.25) is 4.79 Å². The highest BCUT2D eigenvalue weighted by Gasteiger charge is 2.24. The van der Waals surface area contributed by atoms with Crippen LogP contribution in [-0.4, -0.2) is 51.6 Å². The van der Waals surface area contributed by atoms with Gasteiger partial charge in [0, 0.05) is 19.2 Å². The summed E-state index contributed by atoms with van der Waals surface area (Å²) in [6.45, 7) is 3.87. The van der Waals surface area contributed by atoms with E-state index in [1.54, 1.807) is 13.8 Å². The van der Waals surface area contributed by atoms with Crippen molar-refractivity contribution in [3.05, 3.63) is 0 Å². The normalized spacial score (nSPS) is 12.5. The minimum Gasteiger partial charge on any atom is -0.383 e. The number of hydrogen-bond donors (Lipinski definition) is 2. The summed E-state index contributed by atoms with van der Waals surface area (Å²) in [6, 6.07) is 0. The van der Waals surface area contributed by atoms with E-state index < -0.39 is 27.0 Å². The zero-order valence-electron chi connectivity index (χ0n) is 9.95. The molecule has 0 fully saturated rings.